The topological polar surface area (TPSA) is 21.3 Å². The number of nitrogens with one attached hydrogen (secondary N) is 1. The molecule has 1 aliphatic rings. The van der Waals surface area contributed by atoms with E-state index in [1.165, 1.54) is 6.07 Å². The average Bonchev–Trinajstić information content (AvgIpc) is 2.84. The second-order valence-electron chi connectivity index (χ2n) is 5.13. The molecule has 1 fully saturated rings. The molecule has 0 aliphatic carbocycles. The summed E-state index contributed by atoms with van der Waals surface area (Å²) in [6, 6.07) is 4.88. The summed E-state index contributed by atoms with van der Waals surface area (Å²) < 4.78 is 19.7. The highest BCUT2D eigenvalue weighted by Crippen LogP contribution is 2.29. The van der Waals surface area contributed by atoms with Gasteiger partial charge in [-0.25, -0.2) is 4.39 Å². The van der Waals surface area contributed by atoms with Crippen LogP contribution in [0.25, 0.3) is 0 Å². The van der Waals surface area contributed by atoms with Gasteiger partial charge in [-0.2, -0.15) is 0 Å². The highest BCUT2D eigenvalue weighted by atomic mass is 35.5. The summed E-state index contributed by atoms with van der Waals surface area (Å²) in [5.41, 5.74) is 0. The van der Waals surface area contributed by atoms with Crippen molar-refractivity contribution in [1.82, 2.24) is 5.32 Å². The Bertz CT molecular complexity index is 405. The summed E-state index contributed by atoms with van der Waals surface area (Å²) >= 11 is 5.77. The first-order valence-electron chi connectivity index (χ1n) is 6.41. The molecule has 1 aromatic rings. The Morgan fingerprint density at radius 3 is 2.83 bits per heavy atom. The van der Waals surface area contributed by atoms with Crippen LogP contribution < -0.4 is 10.1 Å². The third kappa shape index (κ3) is 2.96. The van der Waals surface area contributed by atoms with E-state index in [-0.39, 0.29) is 16.9 Å². The molecule has 100 valence electrons. The third-order valence-corrected chi connectivity index (χ3v) is 3.69. The normalized spacial score (nSPS) is 21.3. The van der Waals surface area contributed by atoms with Crippen molar-refractivity contribution in [3.63, 3.8) is 0 Å². The molecule has 18 heavy (non-hydrogen) atoms. The van der Waals surface area contributed by atoms with Crippen LogP contribution in [0.15, 0.2) is 18.2 Å². The molecule has 2 atom stereocenters. The van der Waals surface area contributed by atoms with E-state index in [1.807, 2.05) is 0 Å². The molecule has 0 unspecified atom stereocenters. The van der Waals surface area contributed by atoms with Crippen molar-refractivity contribution in [2.45, 2.75) is 26.4 Å². The van der Waals surface area contributed by atoms with Crippen molar-refractivity contribution in [1.29, 1.82) is 0 Å². The van der Waals surface area contributed by atoms with E-state index in [9.17, 15) is 4.39 Å². The van der Waals surface area contributed by atoms with Gasteiger partial charge >= 0.3 is 0 Å². The van der Waals surface area contributed by atoms with Gasteiger partial charge in [0, 0.05) is 12.5 Å². The van der Waals surface area contributed by atoms with Crippen LogP contribution in [-0.2, 0) is 0 Å². The Labute approximate surface area is 112 Å². The molecule has 1 aromatic carbocycles. The second-order valence-corrected chi connectivity index (χ2v) is 5.54. The van der Waals surface area contributed by atoms with Gasteiger partial charge in [-0.1, -0.05) is 31.5 Å². The molecule has 0 radical (unpaired) electrons. The Hall–Kier alpha value is -0.800. The molecule has 1 heterocycles. The van der Waals surface area contributed by atoms with Gasteiger partial charge in [-0.15, -0.1) is 0 Å². The molecule has 0 amide bonds. The van der Waals surface area contributed by atoms with E-state index in [0.717, 1.165) is 19.5 Å². The summed E-state index contributed by atoms with van der Waals surface area (Å²) in [5, 5.41) is 3.43. The number of hydrogen-bond acceptors (Lipinski definition) is 2. The lowest BCUT2D eigenvalue weighted by atomic mass is 9.92. The van der Waals surface area contributed by atoms with Gasteiger partial charge < -0.3 is 10.1 Å². The van der Waals surface area contributed by atoms with Crippen LogP contribution >= 0.6 is 11.6 Å². The summed E-state index contributed by atoms with van der Waals surface area (Å²) in [7, 11) is 0. The Morgan fingerprint density at radius 2 is 2.22 bits per heavy atom. The Morgan fingerprint density at radius 1 is 1.44 bits per heavy atom. The van der Waals surface area contributed by atoms with Gasteiger partial charge in [0.05, 0.1) is 5.02 Å². The van der Waals surface area contributed by atoms with Crippen LogP contribution in [0.1, 0.15) is 20.3 Å². The largest absolute Gasteiger partial charge is 0.487 e. The van der Waals surface area contributed by atoms with Crippen molar-refractivity contribution >= 4 is 11.6 Å². The van der Waals surface area contributed by atoms with Crippen LogP contribution in [0.4, 0.5) is 4.39 Å². The van der Waals surface area contributed by atoms with E-state index in [1.54, 1.807) is 12.1 Å². The average molecular weight is 272 g/mol. The number of rotatable bonds is 4. The molecule has 4 heteroatoms. The lowest BCUT2D eigenvalue weighted by molar-refractivity contribution is 0.0928. The highest BCUT2D eigenvalue weighted by molar-refractivity contribution is 6.30. The predicted molar refractivity (Wildman–Crippen MR) is 71.6 cm³/mol. The van der Waals surface area contributed by atoms with Crippen molar-refractivity contribution < 1.29 is 9.13 Å². The molecule has 0 saturated carbocycles. The van der Waals surface area contributed by atoms with Crippen molar-refractivity contribution in [3.8, 4) is 5.75 Å². The van der Waals surface area contributed by atoms with Crippen LogP contribution in [0, 0.1) is 17.7 Å². The lowest BCUT2D eigenvalue weighted by Crippen LogP contribution is -2.33. The molecule has 0 aromatic heterocycles. The van der Waals surface area contributed by atoms with Crippen molar-refractivity contribution in [2.75, 3.05) is 13.1 Å². The van der Waals surface area contributed by atoms with Gasteiger partial charge in [-0.05, 0) is 31.0 Å². The zero-order valence-corrected chi connectivity index (χ0v) is 11.5. The summed E-state index contributed by atoms with van der Waals surface area (Å²) in [6.45, 7) is 6.15. The third-order valence-electron chi connectivity index (χ3n) is 3.40. The van der Waals surface area contributed by atoms with Gasteiger partial charge in [0.15, 0.2) is 11.6 Å². The fraction of sp³-hybridized carbons (Fsp3) is 0.571. The standard InChI is InChI=1S/C14H19ClFNO/c1-9(2)14(10-6-7-17-8-10)18-12-5-3-4-11(15)13(12)16/h3-5,9-10,14,17H,6-8H2,1-2H3/t10-,14+/m0/s1. The molecule has 2 nitrogen and oxygen atoms in total. The molecule has 1 N–H and O–H groups in total. The lowest BCUT2D eigenvalue weighted by Gasteiger charge is -2.28. The van der Waals surface area contributed by atoms with Crippen LogP contribution in [0.2, 0.25) is 5.02 Å². The molecule has 1 saturated heterocycles. The van der Waals surface area contributed by atoms with Crippen LogP contribution in [-0.4, -0.2) is 19.2 Å². The Balaban J connectivity index is 2.15. The number of ether oxygens (including phenoxy) is 1. The van der Waals surface area contributed by atoms with Gasteiger partial charge in [0.25, 0.3) is 0 Å². The van der Waals surface area contributed by atoms with Crippen molar-refractivity contribution in [3.05, 3.63) is 29.0 Å². The zero-order valence-electron chi connectivity index (χ0n) is 10.7. The molecule has 0 spiro atoms. The molecule has 0 bridgehead atoms. The minimum Gasteiger partial charge on any atom is -0.487 e. The first-order chi connectivity index (χ1) is 8.59. The predicted octanol–water partition coefficient (Wildman–Crippen LogP) is 3.49. The quantitative estimate of drug-likeness (QED) is 0.905. The summed E-state index contributed by atoms with van der Waals surface area (Å²) in [6.07, 6.45) is 1.10. The number of halogens is 2. The smallest absolute Gasteiger partial charge is 0.183 e. The highest BCUT2D eigenvalue weighted by Gasteiger charge is 2.29. The van der Waals surface area contributed by atoms with Crippen LogP contribution in [0.3, 0.4) is 0 Å². The maximum Gasteiger partial charge on any atom is 0.183 e. The maximum atomic E-state index is 13.8. The molecular formula is C14H19ClFNO. The Kier molecular flexibility index (Phi) is 4.46. The molecular weight excluding hydrogens is 253 g/mol. The van der Waals surface area contributed by atoms with E-state index in [2.05, 4.69) is 19.2 Å². The number of benzene rings is 1. The van der Waals surface area contributed by atoms with E-state index < -0.39 is 5.82 Å². The van der Waals surface area contributed by atoms with Crippen molar-refractivity contribution in [2.24, 2.45) is 11.8 Å². The SMILES string of the molecule is CC(C)[C@@H](Oc1cccc(Cl)c1F)[C@H]1CCNC1. The maximum absolute atomic E-state index is 13.8. The first-order valence-corrected chi connectivity index (χ1v) is 6.78. The van der Waals surface area contributed by atoms with Gasteiger partial charge in [0.2, 0.25) is 0 Å². The first kappa shape index (κ1) is 13.6. The monoisotopic (exact) mass is 271 g/mol. The van der Waals surface area contributed by atoms with Gasteiger partial charge in [-0.3, -0.25) is 0 Å². The van der Waals surface area contributed by atoms with E-state index in [4.69, 9.17) is 16.3 Å². The fourth-order valence-electron chi connectivity index (χ4n) is 2.46. The van der Waals surface area contributed by atoms with E-state index in [0.29, 0.717) is 11.8 Å². The van der Waals surface area contributed by atoms with Crippen LogP contribution in [0.5, 0.6) is 5.75 Å². The minimum absolute atomic E-state index is 0.0213. The number of hydrogen-bond donors (Lipinski definition) is 1. The minimum atomic E-state index is -0.462. The van der Waals surface area contributed by atoms with Gasteiger partial charge in [0.1, 0.15) is 6.10 Å². The molecule has 2 rings (SSSR count). The second kappa shape index (κ2) is 5.89. The summed E-state index contributed by atoms with van der Waals surface area (Å²) in [4.78, 5) is 0. The fourth-order valence-corrected chi connectivity index (χ4v) is 2.62. The van der Waals surface area contributed by atoms with E-state index >= 15 is 0 Å². The molecule has 1 aliphatic heterocycles. The zero-order chi connectivity index (χ0) is 13.1. The summed E-state index contributed by atoms with van der Waals surface area (Å²) in [5.74, 6) is 0.570.